The van der Waals surface area contributed by atoms with Crippen molar-refractivity contribution in [1.29, 1.82) is 0 Å². The summed E-state index contributed by atoms with van der Waals surface area (Å²) in [6, 6.07) is 0.431. The summed E-state index contributed by atoms with van der Waals surface area (Å²) >= 11 is 1.22. The van der Waals surface area contributed by atoms with Crippen LogP contribution in [0, 0.1) is 0 Å². The van der Waals surface area contributed by atoms with Crippen molar-refractivity contribution >= 4 is 34.3 Å². The van der Waals surface area contributed by atoms with E-state index in [4.69, 9.17) is 11.5 Å². The summed E-state index contributed by atoms with van der Waals surface area (Å²) in [5.74, 6) is -0.139. The van der Waals surface area contributed by atoms with Crippen LogP contribution in [0.2, 0.25) is 0 Å². The van der Waals surface area contributed by atoms with Crippen LogP contribution in [0.1, 0.15) is 28.9 Å². The molecular weight excluding hydrogens is 282 g/mol. The molecule has 110 valence electrons. The molecule has 20 heavy (non-hydrogen) atoms. The first-order valence-electron chi connectivity index (χ1n) is 6.29. The van der Waals surface area contributed by atoms with E-state index < -0.39 is 6.09 Å². The van der Waals surface area contributed by atoms with Crippen LogP contribution >= 0.6 is 11.3 Å². The summed E-state index contributed by atoms with van der Waals surface area (Å²) in [4.78, 5) is 26.7. The highest BCUT2D eigenvalue weighted by molar-refractivity contribution is 7.18. The van der Waals surface area contributed by atoms with Crippen LogP contribution in [-0.4, -0.2) is 36.2 Å². The molecule has 0 atom stereocenters. The lowest BCUT2D eigenvalue weighted by Gasteiger charge is -2.25. The SMILES string of the molecule is NC(=O)OCCNC(=O)c1sc(NC2CCC2)nc1N. The van der Waals surface area contributed by atoms with Gasteiger partial charge in [-0.3, -0.25) is 4.79 Å². The van der Waals surface area contributed by atoms with Crippen molar-refractivity contribution in [1.82, 2.24) is 10.3 Å². The van der Waals surface area contributed by atoms with E-state index in [0.29, 0.717) is 16.1 Å². The van der Waals surface area contributed by atoms with Gasteiger partial charge < -0.3 is 26.8 Å². The van der Waals surface area contributed by atoms with Crippen molar-refractivity contribution in [3.05, 3.63) is 4.88 Å². The molecule has 1 aliphatic rings. The van der Waals surface area contributed by atoms with Crippen LogP contribution in [0.3, 0.4) is 0 Å². The number of aromatic nitrogens is 1. The molecule has 0 radical (unpaired) electrons. The van der Waals surface area contributed by atoms with E-state index in [9.17, 15) is 9.59 Å². The molecule has 1 aromatic rings. The molecule has 0 aromatic carbocycles. The molecule has 2 amide bonds. The molecule has 0 bridgehead atoms. The van der Waals surface area contributed by atoms with E-state index in [-0.39, 0.29) is 24.9 Å². The van der Waals surface area contributed by atoms with Crippen molar-refractivity contribution in [3.8, 4) is 0 Å². The van der Waals surface area contributed by atoms with Crippen molar-refractivity contribution in [3.63, 3.8) is 0 Å². The third-order valence-corrected chi connectivity index (χ3v) is 3.93. The van der Waals surface area contributed by atoms with Crippen molar-refractivity contribution < 1.29 is 14.3 Å². The largest absolute Gasteiger partial charge is 0.448 e. The maximum Gasteiger partial charge on any atom is 0.404 e. The Morgan fingerprint density at radius 1 is 1.45 bits per heavy atom. The fourth-order valence-electron chi connectivity index (χ4n) is 1.68. The Bertz CT molecular complexity index is 500. The second-order valence-electron chi connectivity index (χ2n) is 4.43. The standard InChI is InChI=1S/C11H17N5O3S/c12-8-7(9(17)14-4-5-19-10(13)18)20-11(16-8)15-6-2-1-3-6/h6H,1-5,12H2,(H2,13,18)(H,14,17)(H,15,16). The van der Waals surface area contributed by atoms with Gasteiger partial charge in [-0.1, -0.05) is 11.3 Å². The zero-order chi connectivity index (χ0) is 14.5. The van der Waals surface area contributed by atoms with Gasteiger partial charge in [0.15, 0.2) is 5.13 Å². The smallest absolute Gasteiger partial charge is 0.404 e. The summed E-state index contributed by atoms with van der Waals surface area (Å²) in [6.07, 6.45) is 2.58. The van der Waals surface area contributed by atoms with Gasteiger partial charge in [-0.05, 0) is 19.3 Å². The number of nitrogens with two attached hydrogens (primary N) is 2. The zero-order valence-electron chi connectivity index (χ0n) is 10.8. The monoisotopic (exact) mass is 299 g/mol. The van der Waals surface area contributed by atoms with E-state index >= 15 is 0 Å². The average molecular weight is 299 g/mol. The molecule has 0 saturated heterocycles. The predicted molar refractivity (Wildman–Crippen MR) is 75.7 cm³/mol. The number of primary amides is 1. The Morgan fingerprint density at radius 3 is 2.80 bits per heavy atom. The number of thiazole rings is 1. The molecule has 1 saturated carbocycles. The molecule has 0 aliphatic heterocycles. The second kappa shape index (κ2) is 6.42. The van der Waals surface area contributed by atoms with Crippen molar-refractivity contribution in [2.45, 2.75) is 25.3 Å². The molecule has 1 aliphatic carbocycles. The Labute approximate surface area is 119 Å². The van der Waals surface area contributed by atoms with Crippen LogP contribution in [-0.2, 0) is 4.74 Å². The number of ether oxygens (including phenoxy) is 1. The van der Waals surface area contributed by atoms with Crippen LogP contribution in [0.5, 0.6) is 0 Å². The van der Waals surface area contributed by atoms with Crippen LogP contribution in [0.15, 0.2) is 0 Å². The van der Waals surface area contributed by atoms with E-state index in [1.54, 1.807) is 0 Å². The molecular formula is C11H17N5O3S. The number of amides is 2. The van der Waals surface area contributed by atoms with Crippen LogP contribution in [0.25, 0.3) is 0 Å². The summed E-state index contributed by atoms with van der Waals surface area (Å²) in [5.41, 5.74) is 10.5. The van der Waals surface area contributed by atoms with Gasteiger partial charge in [-0.25, -0.2) is 9.78 Å². The first-order valence-corrected chi connectivity index (χ1v) is 7.11. The topological polar surface area (TPSA) is 132 Å². The van der Waals surface area contributed by atoms with Crippen molar-refractivity contribution in [2.75, 3.05) is 24.2 Å². The fourth-order valence-corrected chi connectivity index (χ4v) is 2.56. The number of hydrogen-bond donors (Lipinski definition) is 4. The van der Waals surface area contributed by atoms with Crippen LogP contribution in [0.4, 0.5) is 15.7 Å². The average Bonchev–Trinajstić information content (AvgIpc) is 2.70. The minimum atomic E-state index is -0.872. The quantitative estimate of drug-likeness (QED) is 0.566. The highest BCUT2D eigenvalue weighted by atomic mass is 32.1. The molecule has 6 N–H and O–H groups in total. The van der Waals surface area contributed by atoms with E-state index in [1.807, 2.05) is 0 Å². The Morgan fingerprint density at radius 2 is 2.20 bits per heavy atom. The van der Waals surface area contributed by atoms with Crippen LogP contribution < -0.4 is 22.1 Å². The lowest BCUT2D eigenvalue weighted by atomic mass is 9.93. The summed E-state index contributed by atoms with van der Waals surface area (Å²) < 4.78 is 4.51. The minimum Gasteiger partial charge on any atom is -0.448 e. The molecule has 0 spiro atoms. The lowest BCUT2D eigenvalue weighted by Crippen LogP contribution is -2.29. The number of anilines is 2. The first kappa shape index (κ1) is 14.4. The maximum absolute atomic E-state index is 11.9. The number of nitrogens with zero attached hydrogens (tertiary/aromatic N) is 1. The van der Waals surface area contributed by atoms with Gasteiger partial charge in [0.05, 0.1) is 6.54 Å². The highest BCUT2D eigenvalue weighted by Crippen LogP contribution is 2.29. The number of carbonyl (C=O) groups excluding carboxylic acids is 2. The molecule has 1 heterocycles. The molecule has 8 nitrogen and oxygen atoms in total. The third kappa shape index (κ3) is 3.73. The third-order valence-electron chi connectivity index (χ3n) is 2.92. The van der Waals surface area contributed by atoms with Gasteiger partial charge in [0, 0.05) is 6.04 Å². The van der Waals surface area contributed by atoms with Gasteiger partial charge in [0.25, 0.3) is 5.91 Å². The zero-order valence-corrected chi connectivity index (χ0v) is 11.7. The number of nitrogen functional groups attached to an aromatic ring is 1. The number of nitrogens with one attached hydrogen (secondary N) is 2. The van der Waals surface area contributed by atoms with E-state index in [1.165, 1.54) is 17.8 Å². The number of rotatable bonds is 6. The Balaban J connectivity index is 1.83. The van der Waals surface area contributed by atoms with Gasteiger partial charge in [-0.15, -0.1) is 0 Å². The van der Waals surface area contributed by atoms with E-state index in [0.717, 1.165) is 12.8 Å². The molecule has 0 unspecified atom stereocenters. The summed E-state index contributed by atoms with van der Waals surface area (Å²) in [7, 11) is 0. The summed E-state index contributed by atoms with van der Waals surface area (Å²) in [6.45, 7) is 0.192. The maximum atomic E-state index is 11.9. The lowest BCUT2D eigenvalue weighted by molar-refractivity contribution is 0.0941. The Hall–Kier alpha value is -2.03. The van der Waals surface area contributed by atoms with Gasteiger partial charge in [-0.2, -0.15) is 0 Å². The molecule has 1 aromatic heterocycles. The molecule has 2 rings (SSSR count). The highest BCUT2D eigenvalue weighted by Gasteiger charge is 2.21. The minimum absolute atomic E-state index is 0.0208. The Kier molecular flexibility index (Phi) is 4.61. The van der Waals surface area contributed by atoms with Gasteiger partial charge in [0.1, 0.15) is 17.3 Å². The van der Waals surface area contributed by atoms with E-state index in [2.05, 4.69) is 20.4 Å². The number of carbonyl (C=O) groups is 2. The van der Waals surface area contributed by atoms with Gasteiger partial charge >= 0.3 is 6.09 Å². The molecule has 1 fully saturated rings. The summed E-state index contributed by atoms with van der Waals surface area (Å²) in [5, 5.41) is 6.48. The normalized spacial score (nSPS) is 14.4. The van der Waals surface area contributed by atoms with Gasteiger partial charge in [0.2, 0.25) is 0 Å². The second-order valence-corrected chi connectivity index (χ2v) is 5.43. The predicted octanol–water partition coefficient (Wildman–Crippen LogP) is 0.515. The molecule has 9 heteroatoms. The van der Waals surface area contributed by atoms with Crippen molar-refractivity contribution in [2.24, 2.45) is 5.73 Å². The fraction of sp³-hybridized carbons (Fsp3) is 0.545. The number of hydrogen-bond acceptors (Lipinski definition) is 7. The first-order chi connectivity index (χ1) is 9.56.